The summed E-state index contributed by atoms with van der Waals surface area (Å²) in [5, 5.41) is 6.18. The van der Waals surface area contributed by atoms with Crippen LogP contribution in [0, 0.1) is 0 Å². The summed E-state index contributed by atoms with van der Waals surface area (Å²) in [6, 6.07) is 18.5. The average Bonchev–Trinajstić information content (AvgIpc) is 2.59. The predicted octanol–water partition coefficient (Wildman–Crippen LogP) is 4.01. The fourth-order valence-electron chi connectivity index (χ4n) is 2.06. The molecule has 5 heteroatoms. The van der Waals surface area contributed by atoms with Crippen LogP contribution in [0.3, 0.4) is 0 Å². The van der Waals surface area contributed by atoms with E-state index in [9.17, 15) is 4.79 Å². The fourth-order valence-corrected chi connectivity index (χ4v) is 3.09. The summed E-state index contributed by atoms with van der Waals surface area (Å²) >= 11 is 5.16. The van der Waals surface area contributed by atoms with Gasteiger partial charge in [-0.1, -0.05) is 46.3 Å². The Bertz CT molecular complexity index is 604. The Morgan fingerprint density at radius 2 is 1.83 bits per heavy atom. The van der Waals surface area contributed by atoms with Gasteiger partial charge in [0.15, 0.2) is 0 Å². The van der Waals surface area contributed by atoms with E-state index in [0.29, 0.717) is 13.1 Å². The van der Waals surface area contributed by atoms with Crippen LogP contribution in [0.25, 0.3) is 0 Å². The highest BCUT2D eigenvalue weighted by molar-refractivity contribution is 9.10. The Balaban J connectivity index is 1.61. The normalized spacial score (nSPS) is 11.9. The quantitative estimate of drug-likeness (QED) is 0.526. The summed E-state index contributed by atoms with van der Waals surface area (Å²) in [5.74, 6) is 0.894. The Labute approximate surface area is 150 Å². The lowest BCUT2D eigenvalue weighted by Crippen LogP contribution is -2.36. The molecule has 2 N–H and O–H groups in total. The van der Waals surface area contributed by atoms with Gasteiger partial charge in [-0.2, -0.15) is 0 Å². The first-order chi connectivity index (χ1) is 11.1. The number of nitrogens with one attached hydrogen (secondary N) is 2. The summed E-state index contributed by atoms with van der Waals surface area (Å²) in [4.78, 5) is 13.1. The smallest absolute Gasteiger partial charge is 0.234 e. The maximum atomic E-state index is 11.8. The van der Waals surface area contributed by atoms with Crippen LogP contribution in [0.2, 0.25) is 0 Å². The lowest BCUT2D eigenvalue weighted by Gasteiger charge is -2.14. The molecule has 1 amide bonds. The molecule has 2 aromatic rings. The highest BCUT2D eigenvalue weighted by atomic mass is 79.9. The fraction of sp³-hybridized carbons (Fsp3) is 0.278. The van der Waals surface area contributed by atoms with Gasteiger partial charge in [0.25, 0.3) is 0 Å². The van der Waals surface area contributed by atoms with Crippen molar-refractivity contribution in [3.8, 4) is 0 Å². The van der Waals surface area contributed by atoms with Crippen molar-refractivity contribution in [2.75, 3.05) is 18.8 Å². The van der Waals surface area contributed by atoms with Crippen LogP contribution in [0.4, 0.5) is 0 Å². The topological polar surface area (TPSA) is 41.1 Å². The number of halogens is 1. The van der Waals surface area contributed by atoms with E-state index in [4.69, 9.17) is 0 Å². The predicted molar refractivity (Wildman–Crippen MR) is 101 cm³/mol. The van der Waals surface area contributed by atoms with Gasteiger partial charge in [-0.05, 0) is 36.8 Å². The summed E-state index contributed by atoms with van der Waals surface area (Å²) in [6.07, 6.45) is 0. The number of thioether (sulfide) groups is 1. The zero-order valence-corrected chi connectivity index (χ0v) is 15.5. The summed E-state index contributed by atoms with van der Waals surface area (Å²) in [6.45, 7) is 3.06. The molecule has 0 bridgehead atoms. The maximum Gasteiger partial charge on any atom is 0.234 e. The van der Waals surface area contributed by atoms with E-state index in [2.05, 4.69) is 57.8 Å². The summed E-state index contributed by atoms with van der Waals surface area (Å²) in [7, 11) is 0. The number of carbonyl (C=O) groups is 1. The molecule has 2 aromatic carbocycles. The maximum absolute atomic E-state index is 11.8. The van der Waals surface area contributed by atoms with Crippen molar-refractivity contribution in [3.63, 3.8) is 0 Å². The Hall–Kier alpha value is -1.30. The molecule has 0 saturated carbocycles. The molecular formula is C18H21BrN2OS. The third-order valence-electron chi connectivity index (χ3n) is 3.37. The minimum absolute atomic E-state index is 0.0317. The molecule has 0 aromatic heterocycles. The third kappa shape index (κ3) is 6.77. The Kier molecular flexibility index (Phi) is 7.65. The molecule has 0 saturated heterocycles. The second kappa shape index (κ2) is 9.75. The van der Waals surface area contributed by atoms with Gasteiger partial charge >= 0.3 is 0 Å². The van der Waals surface area contributed by atoms with E-state index in [1.54, 1.807) is 11.8 Å². The molecule has 0 aliphatic heterocycles. The lowest BCUT2D eigenvalue weighted by molar-refractivity contribution is -0.120. The number of amides is 1. The number of benzene rings is 2. The van der Waals surface area contributed by atoms with Gasteiger partial charge in [0, 0.05) is 27.7 Å². The molecule has 2 rings (SSSR count). The molecule has 3 nitrogen and oxygen atoms in total. The van der Waals surface area contributed by atoms with Gasteiger partial charge in [0.2, 0.25) is 5.91 Å². The molecule has 0 aliphatic carbocycles. The van der Waals surface area contributed by atoms with Gasteiger partial charge in [0.05, 0.1) is 6.54 Å². The molecule has 0 spiro atoms. The first-order valence-corrected chi connectivity index (χ1v) is 9.36. The van der Waals surface area contributed by atoms with Crippen molar-refractivity contribution in [1.82, 2.24) is 10.6 Å². The number of hydrogen-bond acceptors (Lipinski definition) is 3. The number of carbonyl (C=O) groups excluding carboxylic acids is 1. The van der Waals surface area contributed by atoms with Crippen LogP contribution < -0.4 is 10.6 Å². The van der Waals surface area contributed by atoms with Crippen LogP contribution in [-0.4, -0.2) is 24.7 Å². The monoisotopic (exact) mass is 392 g/mol. The van der Waals surface area contributed by atoms with Crippen molar-refractivity contribution in [1.29, 1.82) is 0 Å². The standard InChI is InChI=1S/C18H21BrN2OS/c1-14(15-5-3-2-4-6-15)21-13-18(22)20-11-12-23-17-9-7-16(19)8-10-17/h2-10,14,21H,11-13H2,1H3,(H,20,22)/t14-/m0/s1. The second-order valence-electron chi connectivity index (χ2n) is 5.17. The molecule has 1 atom stereocenters. The van der Waals surface area contributed by atoms with E-state index >= 15 is 0 Å². The van der Waals surface area contributed by atoms with Gasteiger partial charge in [-0.25, -0.2) is 0 Å². The summed E-state index contributed by atoms with van der Waals surface area (Å²) in [5.41, 5.74) is 1.19. The molecule has 0 unspecified atom stereocenters. The molecule has 0 radical (unpaired) electrons. The first-order valence-electron chi connectivity index (χ1n) is 7.58. The Morgan fingerprint density at radius 1 is 1.13 bits per heavy atom. The zero-order valence-electron chi connectivity index (χ0n) is 13.1. The largest absolute Gasteiger partial charge is 0.354 e. The summed E-state index contributed by atoms with van der Waals surface area (Å²) < 4.78 is 1.08. The van der Waals surface area contributed by atoms with Crippen LogP contribution in [-0.2, 0) is 4.79 Å². The van der Waals surface area contributed by atoms with Crippen LogP contribution in [0.15, 0.2) is 64.0 Å². The Morgan fingerprint density at radius 3 is 2.52 bits per heavy atom. The van der Waals surface area contributed by atoms with Crippen LogP contribution in [0.1, 0.15) is 18.5 Å². The highest BCUT2D eigenvalue weighted by Crippen LogP contribution is 2.19. The van der Waals surface area contributed by atoms with E-state index in [1.807, 2.05) is 30.3 Å². The van der Waals surface area contributed by atoms with Crippen LogP contribution in [0.5, 0.6) is 0 Å². The SMILES string of the molecule is C[C@H](NCC(=O)NCCSc1ccc(Br)cc1)c1ccccc1. The van der Waals surface area contributed by atoms with E-state index in [1.165, 1.54) is 10.5 Å². The zero-order chi connectivity index (χ0) is 16.5. The first kappa shape index (κ1) is 18.0. The van der Waals surface area contributed by atoms with Gasteiger partial charge in [0.1, 0.15) is 0 Å². The van der Waals surface area contributed by atoms with Crippen molar-refractivity contribution in [2.24, 2.45) is 0 Å². The molecular weight excluding hydrogens is 372 g/mol. The van der Waals surface area contributed by atoms with Gasteiger partial charge in [-0.3, -0.25) is 4.79 Å². The number of hydrogen-bond donors (Lipinski definition) is 2. The molecule has 23 heavy (non-hydrogen) atoms. The minimum atomic E-state index is 0.0317. The van der Waals surface area contributed by atoms with Crippen molar-refractivity contribution < 1.29 is 4.79 Å². The molecule has 0 fully saturated rings. The lowest BCUT2D eigenvalue weighted by atomic mass is 10.1. The third-order valence-corrected chi connectivity index (χ3v) is 4.92. The molecule has 122 valence electrons. The van der Waals surface area contributed by atoms with Crippen molar-refractivity contribution in [3.05, 3.63) is 64.6 Å². The second-order valence-corrected chi connectivity index (χ2v) is 7.25. The average molecular weight is 393 g/mol. The molecule has 0 heterocycles. The van der Waals surface area contributed by atoms with Crippen LogP contribution >= 0.6 is 27.7 Å². The van der Waals surface area contributed by atoms with Gasteiger partial charge in [-0.15, -0.1) is 11.8 Å². The van der Waals surface area contributed by atoms with E-state index in [0.717, 1.165) is 10.2 Å². The van der Waals surface area contributed by atoms with Crippen molar-refractivity contribution in [2.45, 2.75) is 17.9 Å². The minimum Gasteiger partial charge on any atom is -0.354 e. The number of rotatable bonds is 8. The van der Waals surface area contributed by atoms with Crippen molar-refractivity contribution >= 4 is 33.6 Å². The van der Waals surface area contributed by atoms with Gasteiger partial charge < -0.3 is 10.6 Å². The van der Waals surface area contributed by atoms with E-state index in [-0.39, 0.29) is 11.9 Å². The van der Waals surface area contributed by atoms with E-state index < -0.39 is 0 Å². The molecule has 0 aliphatic rings. The highest BCUT2D eigenvalue weighted by Gasteiger charge is 2.06.